The van der Waals surface area contributed by atoms with Gasteiger partial charge in [-0.3, -0.25) is 4.79 Å². The fourth-order valence-electron chi connectivity index (χ4n) is 1.86. The van der Waals surface area contributed by atoms with Crippen molar-refractivity contribution in [3.8, 4) is 0 Å². The van der Waals surface area contributed by atoms with Gasteiger partial charge in [-0.1, -0.05) is 19.1 Å². The molecular formula is C12H16ClNO. The topological polar surface area (TPSA) is 29.1 Å². The summed E-state index contributed by atoms with van der Waals surface area (Å²) in [7, 11) is 0. The molecule has 1 aliphatic heterocycles. The van der Waals surface area contributed by atoms with Gasteiger partial charge in [-0.25, -0.2) is 0 Å². The van der Waals surface area contributed by atoms with Crippen molar-refractivity contribution in [1.82, 2.24) is 5.32 Å². The number of ketones is 1. The van der Waals surface area contributed by atoms with E-state index in [1.54, 1.807) is 0 Å². The number of hydrogen-bond acceptors (Lipinski definition) is 2. The zero-order valence-electron chi connectivity index (χ0n) is 8.88. The molecule has 0 fully saturated rings. The first-order valence-electron chi connectivity index (χ1n) is 5.17. The Labute approximate surface area is 96.5 Å². The Kier molecular flexibility index (Phi) is 4.30. The van der Waals surface area contributed by atoms with Crippen LogP contribution < -0.4 is 5.32 Å². The molecule has 0 radical (unpaired) electrons. The number of Topliss-reactive ketones (excluding diaryl/α,β-unsaturated/α-hetero) is 1. The molecule has 1 aromatic rings. The summed E-state index contributed by atoms with van der Waals surface area (Å²) in [4.78, 5) is 11.5. The van der Waals surface area contributed by atoms with Crippen LogP contribution in [0.4, 0.5) is 0 Å². The number of hydrogen-bond donors (Lipinski definition) is 1. The summed E-state index contributed by atoms with van der Waals surface area (Å²) in [5, 5.41) is 3.31. The van der Waals surface area contributed by atoms with Crippen LogP contribution in [0.15, 0.2) is 18.2 Å². The number of halogens is 1. The normalized spacial score (nSPS) is 13.9. The second-order valence-corrected chi connectivity index (χ2v) is 3.69. The smallest absolute Gasteiger partial charge is 0.162 e. The fraction of sp³-hybridized carbons (Fsp3) is 0.417. The van der Waals surface area contributed by atoms with Crippen molar-refractivity contribution in [2.45, 2.75) is 26.3 Å². The molecular weight excluding hydrogens is 210 g/mol. The monoisotopic (exact) mass is 225 g/mol. The highest BCUT2D eigenvalue weighted by molar-refractivity contribution is 5.96. The van der Waals surface area contributed by atoms with Crippen LogP contribution in [-0.2, 0) is 13.0 Å². The fourth-order valence-corrected chi connectivity index (χ4v) is 1.86. The van der Waals surface area contributed by atoms with Crippen LogP contribution in [0, 0.1) is 0 Å². The molecule has 0 aliphatic carbocycles. The van der Waals surface area contributed by atoms with Gasteiger partial charge < -0.3 is 5.32 Å². The van der Waals surface area contributed by atoms with Crippen molar-refractivity contribution in [2.75, 3.05) is 6.54 Å². The Hall–Kier alpha value is -0.860. The summed E-state index contributed by atoms with van der Waals surface area (Å²) < 4.78 is 0. The average molecular weight is 226 g/mol. The molecule has 2 rings (SSSR count). The minimum absolute atomic E-state index is 0. The van der Waals surface area contributed by atoms with Gasteiger partial charge in [-0.2, -0.15) is 0 Å². The lowest BCUT2D eigenvalue weighted by atomic mass is 9.96. The highest BCUT2D eigenvalue weighted by Gasteiger charge is 2.10. The standard InChI is InChI=1S/C12H15NO.ClH/c1-2-12(14)10-4-3-9-5-6-13-8-11(9)7-10;/h3-4,7,13H,2,5-6,8H2,1H3;1H. The van der Waals surface area contributed by atoms with E-state index < -0.39 is 0 Å². The van der Waals surface area contributed by atoms with Gasteiger partial charge in [0.25, 0.3) is 0 Å². The summed E-state index contributed by atoms with van der Waals surface area (Å²) in [6.45, 7) is 3.86. The Morgan fingerprint density at radius 3 is 2.93 bits per heavy atom. The molecule has 15 heavy (non-hydrogen) atoms. The minimum Gasteiger partial charge on any atom is -0.312 e. The van der Waals surface area contributed by atoms with Gasteiger partial charge in [0.1, 0.15) is 0 Å². The van der Waals surface area contributed by atoms with E-state index in [9.17, 15) is 4.79 Å². The number of rotatable bonds is 2. The van der Waals surface area contributed by atoms with E-state index in [2.05, 4.69) is 11.4 Å². The summed E-state index contributed by atoms with van der Waals surface area (Å²) >= 11 is 0. The first kappa shape index (κ1) is 12.2. The van der Waals surface area contributed by atoms with Crippen LogP contribution in [0.2, 0.25) is 0 Å². The largest absolute Gasteiger partial charge is 0.312 e. The lowest BCUT2D eigenvalue weighted by molar-refractivity contribution is 0.0988. The van der Waals surface area contributed by atoms with Crippen LogP contribution in [0.5, 0.6) is 0 Å². The van der Waals surface area contributed by atoms with Crippen molar-refractivity contribution in [3.05, 3.63) is 34.9 Å². The van der Waals surface area contributed by atoms with Crippen LogP contribution in [0.25, 0.3) is 0 Å². The molecule has 0 bridgehead atoms. The van der Waals surface area contributed by atoms with Gasteiger partial charge in [0.2, 0.25) is 0 Å². The molecule has 1 N–H and O–H groups in total. The maximum Gasteiger partial charge on any atom is 0.162 e. The minimum atomic E-state index is 0. The van der Waals surface area contributed by atoms with Crippen molar-refractivity contribution in [2.24, 2.45) is 0 Å². The Morgan fingerprint density at radius 2 is 2.20 bits per heavy atom. The third-order valence-electron chi connectivity index (χ3n) is 2.74. The van der Waals surface area contributed by atoms with E-state index in [1.165, 1.54) is 11.1 Å². The zero-order chi connectivity index (χ0) is 9.97. The maximum absolute atomic E-state index is 11.5. The summed E-state index contributed by atoms with van der Waals surface area (Å²) in [5.74, 6) is 0.235. The number of benzene rings is 1. The molecule has 0 amide bonds. The number of nitrogens with one attached hydrogen (secondary N) is 1. The first-order chi connectivity index (χ1) is 6.81. The molecule has 0 unspecified atom stereocenters. The molecule has 0 atom stereocenters. The number of carbonyl (C=O) groups is 1. The Balaban J connectivity index is 0.00000112. The number of fused-ring (bicyclic) bond motifs is 1. The van der Waals surface area contributed by atoms with E-state index >= 15 is 0 Å². The van der Waals surface area contributed by atoms with Crippen molar-refractivity contribution < 1.29 is 4.79 Å². The van der Waals surface area contributed by atoms with Crippen LogP contribution in [-0.4, -0.2) is 12.3 Å². The van der Waals surface area contributed by atoms with Crippen molar-refractivity contribution in [1.29, 1.82) is 0 Å². The molecule has 1 aliphatic rings. The molecule has 0 spiro atoms. The second kappa shape index (κ2) is 5.29. The third kappa shape index (κ3) is 2.58. The van der Waals surface area contributed by atoms with Gasteiger partial charge in [-0.15, -0.1) is 12.4 Å². The van der Waals surface area contributed by atoms with E-state index in [0.29, 0.717) is 6.42 Å². The molecule has 0 saturated heterocycles. The zero-order valence-corrected chi connectivity index (χ0v) is 9.69. The van der Waals surface area contributed by atoms with Crippen molar-refractivity contribution >= 4 is 18.2 Å². The maximum atomic E-state index is 11.5. The van der Waals surface area contributed by atoms with Crippen LogP contribution >= 0.6 is 12.4 Å². The first-order valence-corrected chi connectivity index (χ1v) is 5.17. The van der Waals surface area contributed by atoms with E-state index in [0.717, 1.165) is 25.1 Å². The van der Waals surface area contributed by atoms with E-state index in [1.807, 2.05) is 19.1 Å². The molecule has 1 aromatic carbocycles. The second-order valence-electron chi connectivity index (χ2n) is 3.69. The summed E-state index contributed by atoms with van der Waals surface area (Å²) in [6, 6.07) is 6.09. The lowest BCUT2D eigenvalue weighted by Gasteiger charge is -2.17. The molecule has 3 heteroatoms. The number of carbonyl (C=O) groups excluding carboxylic acids is 1. The molecule has 82 valence electrons. The molecule has 0 aromatic heterocycles. The van der Waals surface area contributed by atoms with Crippen molar-refractivity contribution in [3.63, 3.8) is 0 Å². The van der Waals surface area contributed by atoms with Gasteiger partial charge in [0.05, 0.1) is 0 Å². The Morgan fingerprint density at radius 1 is 1.40 bits per heavy atom. The van der Waals surface area contributed by atoms with E-state index in [-0.39, 0.29) is 18.2 Å². The van der Waals surface area contributed by atoms with Crippen LogP contribution in [0.1, 0.15) is 34.8 Å². The van der Waals surface area contributed by atoms with Crippen LogP contribution in [0.3, 0.4) is 0 Å². The van der Waals surface area contributed by atoms with Gasteiger partial charge in [0.15, 0.2) is 5.78 Å². The Bertz CT molecular complexity index is 363. The van der Waals surface area contributed by atoms with Gasteiger partial charge in [-0.05, 0) is 30.2 Å². The quantitative estimate of drug-likeness (QED) is 0.783. The molecule has 1 heterocycles. The van der Waals surface area contributed by atoms with Gasteiger partial charge in [0, 0.05) is 18.5 Å². The lowest BCUT2D eigenvalue weighted by Crippen LogP contribution is -2.23. The summed E-state index contributed by atoms with van der Waals surface area (Å²) in [6.07, 6.45) is 1.67. The summed E-state index contributed by atoms with van der Waals surface area (Å²) in [5.41, 5.74) is 3.53. The highest BCUT2D eigenvalue weighted by atomic mass is 35.5. The molecule has 2 nitrogen and oxygen atoms in total. The SMILES string of the molecule is CCC(=O)c1ccc2c(c1)CNCC2.Cl. The highest BCUT2D eigenvalue weighted by Crippen LogP contribution is 2.16. The van der Waals surface area contributed by atoms with Gasteiger partial charge >= 0.3 is 0 Å². The average Bonchev–Trinajstić information content (AvgIpc) is 2.27. The predicted molar refractivity (Wildman–Crippen MR) is 63.7 cm³/mol. The third-order valence-corrected chi connectivity index (χ3v) is 2.74. The van der Waals surface area contributed by atoms with E-state index in [4.69, 9.17) is 0 Å². The predicted octanol–water partition coefficient (Wildman–Crippen LogP) is 2.35. The molecule has 0 saturated carbocycles.